The second kappa shape index (κ2) is 15.1. The molecule has 0 bridgehead atoms. The number of hydrogen-bond donors (Lipinski definition) is 3. The van der Waals surface area contributed by atoms with Crippen molar-refractivity contribution < 1.29 is 0 Å². The van der Waals surface area contributed by atoms with Gasteiger partial charge in [-0.25, -0.2) is 0 Å². The van der Waals surface area contributed by atoms with Gasteiger partial charge in [0.1, 0.15) is 5.84 Å². The Labute approximate surface area is 222 Å². The molecule has 0 aromatic heterocycles. The molecule has 5 rings (SSSR count). The molecular weight excluding hydrogens is 462 g/mol. The van der Waals surface area contributed by atoms with Gasteiger partial charge in [0.2, 0.25) is 5.96 Å². The molecule has 3 fully saturated rings. The summed E-state index contributed by atoms with van der Waals surface area (Å²) in [6.07, 6.45) is 24.3. The van der Waals surface area contributed by atoms with Crippen LogP contribution in [0.25, 0.3) is 0 Å². The lowest BCUT2D eigenvalue weighted by atomic mass is 9.89. The molecule has 0 spiro atoms. The second-order valence-corrected chi connectivity index (χ2v) is 11.2. The fraction of sp³-hybridized carbons (Fsp3) is 0.533. The predicted octanol–water partition coefficient (Wildman–Crippen LogP) is 6.63. The summed E-state index contributed by atoms with van der Waals surface area (Å²) in [6.45, 7) is 1.87. The van der Waals surface area contributed by atoms with Crippen LogP contribution in [0.1, 0.15) is 64.2 Å². The molecule has 3 aliphatic carbocycles. The Hall–Kier alpha value is -2.31. The van der Waals surface area contributed by atoms with E-state index in [9.17, 15) is 0 Å². The number of rotatable bonds is 6. The van der Waals surface area contributed by atoms with Gasteiger partial charge in [0.25, 0.3) is 0 Å². The summed E-state index contributed by atoms with van der Waals surface area (Å²) in [5.41, 5.74) is 1.18. The van der Waals surface area contributed by atoms with E-state index in [1.54, 1.807) is 11.9 Å². The summed E-state index contributed by atoms with van der Waals surface area (Å²) in [4.78, 5) is 11.2. The van der Waals surface area contributed by atoms with Crippen molar-refractivity contribution in [3.63, 3.8) is 0 Å². The zero-order chi connectivity index (χ0) is 24.8. The smallest absolute Gasteiger partial charge is 0.201 e. The molecule has 4 aliphatic rings. The van der Waals surface area contributed by atoms with Gasteiger partial charge in [-0.1, -0.05) is 81.0 Å². The zero-order valence-corrected chi connectivity index (χ0v) is 22.6. The van der Waals surface area contributed by atoms with Crippen molar-refractivity contribution in [3.8, 4) is 0 Å². The van der Waals surface area contributed by atoms with E-state index in [1.165, 1.54) is 74.8 Å². The zero-order valence-electron chi connectivity index (χ0n) is 21.8. The van der Waals surface area contributed by atoms with Crippen LogP contribution in [0.4, 0.5) is 0 Å². The highest BCUT2D eigenvalue weighted by atomic mass is 32.2. The molecule has 194 valence electrons. The Morgan fingerprint density at radius 2 is 1.47 bits per heavy atom. The van der Waals surface area contributed by atoms with Crippen LogP contribution in [0.2, 0.25) is 0 Å². The van der Waals surface area contributed by atoms with Gasteiger partial charge in [0, 0.05) is 23.7 Å². The first-order chi connectivity index (χ1) is 17.8. The van der Waals surface area contributed by atoms with E-state index >= 15 is 0 Å². The molecule has 0 radical (unpaired) electrons. The average Bonchev–Trinajstić information content (AvgIpc) is 3.19. The number of fused-ring (bicyclic) bond motifs is 1. The molecule has 36 heavy (non-hydrogen) atoms. The number of hydrogen-bond acceptors (Lipinski definition) is 4. The second-order valence-electron chi connectivity index (χ2n) is 10.2. The van der Waals surface area contributed by atoms with Crippen LogP contribution in [0.5, 0.6) is 0 Å². The number of amidine groups is 1. The van der Waals surface area contributed by atoms with Crippen molar-refractivity contribution in [2.45, 2.75) is 69.1 Å². The number of aliphatic imine (C=N–C) groups is 2. The molecule has 1 heterocycles. The minimum atomic E-state index is 0.192. The number of allylic oxidation sites excluding steroid dienone is 4. The first-order valence-electron chi connectivity index (χ1n) is 13.9. The molecule has 6 heteroatoms. The SMILES string of the molecule is C1=CC=C2NC(=NCC3CCCCC3)NC(=NCC3CCCCC3)C2C=C1.CNSc1ccccc1. The van der Waals surface area contributed by atoms with Crippen LogP contribution in [0.15, 0.2) is 81.3 Å². The summed E-state index contributed by atoms with van der Waals surface area (Å²) in [5.74, 6) is 3.64. The molecule has 2 saturated carbocycles. The van der Waals surface area contributed by atoms with Gasteiger partial charge in [0.05, 0.1) is 5.92 Å². The van der Waals surface area contributed by atoms with Crippen LogP contribution in [0.3, 0.4) is 0 Å². The highest BCUT2D eigenvalue weighted by Crippen LogP contribution is 2.26. The van der Waals surface area contributed by atoms with E-state index in [-0.39, 0.29) is 5.92 Å². The topological polar surface area (TPSA) is 60.8 Å². The molecule has 1 aromatic carbocycles. The highest BCUT2D eigenvalue weighted by molar-refractivity contribution is 7.97. The average molecular weight is 506 g/mol. The standard InChI is InChI=1S/C23H34N4.C7H9NS/c1-4-10-18(11-5-1)16-24-22-20-14-8-3-9-15-21(20)26-23(27-22)25-17-19-12-6-2-7-13-19;1-8-9-7-5-3-2-4-6-7/h3,8-9,14-15,18-20H,1-2,4-7,10-13,16-17H2,(H2,24,25,26,27);2-6,8H,1H3. The Morgan fingerprint density at radius 1 is 0.806 bits per heavy atom. The summed E-state index contributed by atoms with van der Waals surface area (Å²) in [7, 11) is 1.91. The summed E-state index contributed by atoms with van der Waals surface area (Å²) < 4.78 is 3.00. The Balaban J connectivity index is 0.000000286. The maximum Gasteiger partial charge on any atom is 0.201 e. The third kappa shape index (κ3) is 8.67. The first kappa shape index (κ1) is 26.7. The Bertz CT molecular complexity index is 937. The monoisotopic (exact) mass is 505 g/mol. The van der Waals surface area contributed by atoms with E-state index < -0.39 is 0 Å². The molecule has 1 atom stereocenters. The highest BCUT2D eigenvalue weighted by Gasteiger charge is 2.27. The fourth-order valence-corrected chi connectivity index (χ4v) is 5.87. The number of nitrogens with zero attached hydrogens (tertiary/aromatic N) is 2. The fourth-order valence-electron chi connectivity index (χ4n) is 5.34. The van der Waals surface area contributed by atoms with E-state index in [4.69, 9.17) is 9.98 Å². The predicted molar refractivity (Wildman–Crippen MR) is 155 cm³/mol. The van der Waals surface area contributed by atoms with Crippen molar-refractivity contribution in [1.29, 1.82) is 0 Å². The van der Waals surface area contributed by atoms with Gasteiger partial charge in [-0.15, -0.1) is 0 Å². The van der Waals surface area contributed by atoms with Crippen LogP contribution >= 0.6 is 11.9 Å². The third-order valence-corrected chi connectivity index (χ3v) is 8.09. The van der Waals surface area contributed by atoms with Crippen LogP contribution < -0.4 is 15.4 Å². The minimum Gasteiger partial charge on any atom is -0.329 e. The first-order valence-corrected chi connectivity index (χ1v) is 14.7. The normalized spacial score (nSPS) is 24.7. The molecule has 0 amide bonds. The van der Waals surface area contributed by atoms with Crippen LogP contribution in [0, 0.1) is 17.8 Å². The molecular formula is C30H43N5S. The largest absolute Gasteiger partial charge is 0.329 e. The maximum absolute atomic E-state index is 5.04. The lowest BCUT2D eigenvalue weighted by Gasteiger charge is -2.30. The molecule has 1 saturated heterocycles. The summed E-state index contributed by atoms with van der Waals surface area (Å²) >= 11 is 1.63. The molecule has 1 aliphatic heterocycles. The maximum atomic E-state index is 5.04. The summed E-state index contributed by atoms with van der Waals surface area (Å²) in [6, 6.07) is 10.2. The minimum absolute atomic E-state index is 0.192. The summed E-state index contributed by atoms with van der Waals surface area (Å²) in [5, 5.41) is 7.05. The van der Waals surface area contributed by atoms with Crippen molar-refractivity contribution in [2.24, 2.45) is 27.7 Å². The third-order valence-electron chi connectivity index (χ3n) is 7.38. The van der Waals surface area contributed by atoms with Gasteiger partial charge in [-0.3, -0.25) is 14.7 Å². The van der Waals surface area contributed by atoms with Crippen LogP contribution in [-0.4, -0.2) is 31.9 Å². The number of nitrogens with one attached hydrogen (secondary N) is 3. The van der Waals surface area contributed by atoms with E-state index in [2.05, 4.69) is 57.9 Å². The van der Waals surface area contributed by atoms with E-state index in [1.807, 2.05) is 25.2 Å². The van der Waals surface area contributed by atoms with Crippen molar-refractivity contribution >= 4 is 23.7 Å². The Kier molecular flexibility index (Phi) is 11.2. The molecule has 1 unspecified atom stereocenters. The van der Waals surface area contributed by atoms with Gasteiger partial charge < -0.3 is 10.6 Å². The van der Waals surface area contributed by atoms with E-state index in [0.717, 1.165) is 36.7 Å². The van der Waals surface area contributed by atoms with Gasteiger partial charge in [-0.2, -0.15) is 0 Å². The van der Waals surface area contributed by atoms with Gasteiger partial charge in [-0.05, 0) is 74.7 Å². The molecule has 3 N–H and O–H groups in total. The van der Waals surface area contributed by atoms with Gasteiger partial charge >= 0.3 is 0 Å². The number of benzene rings is 1. The quantitative estimate of drug-likeness (QED) is 0.380. The molecule has 5 nitrogen and oxygen atoms in total. The van der Waals surface area contributed by atoms with Crippen molar-refractivity contribution in [3.05, 3.63) is 66.4 Å². The van der Waals surface area contributed by atoms with Crippen molar-refractivity contribution in [1.82, 2.24) is 15.4 Å². The van der Waals surface area contributed by atoms with Crippen LogP contribution in [-0.2, 0) is 0 Å². The Morgan fingerprint density at radius 3 is 2.14 bits per heavy atom. The lowest BCUT2D eigenvalue weighted by molar-refractivity contribution is 0.366. The van der Waals surface area contributed by atoms with Crippen molar-refractivity contribution in [2.75, 3.05) is 20.1 Å². The lowest BCUT2D eigenvalue weighted by Crippen LogP contribution is -2.51. The van der Waals surface area contributed by atoms with E-state index in [0.29, 0.717) is 0 Å². The van der Waals surface area contributed by atoms with Gasteiger partial charge in [0.15, 0.2) is 0 Å². The molecule has 1 aromatic rings. The number of guanidine groups is 1.